The third kappa shape index (κ3) is 19.4. The molecule has 14 N–H and O–H groups in total. The summed E-state index contributed by atoms with van der Waals surface area (Å²) >= 11 is 0. The average molecular weight is 1010 g/mol. The van der Waals surface area contributed by atoms with Gasteiger partial charge in [-0.05, 0) is 61.6 Å². The van der Waals surface area contributed by atoms with Crippen molar-refractivity contribution in [3.8, 4) is 5.75 Å². The second kappa shape index (κ2) is 28.4. The SMILES string of the molecule is CC[C@H](C)[C@@H]1NC(=O)[C@H](Cc2ccc(O)cc2)NC(=O)CCSSC[C@@H](C(=O)N2CCCCC2C(=O)N[C@@H](CC(C)C)C(=O)NCC(N)=O)NC(=O)[C@H](CC(N)=O)NC(=O)[C@H](CCC(N)=O)NC1=O. The fourth-order valence-corrected chi connectivity index (χ4v) is 9.64. The standard InChI is InChI=1S/C44H67N11O12S2/c1-5-24(4)37-43(66)50-27(13-14-33(45)57)39(62)51-30(20-34(46)58)40(63)53-31(22-69-68-17-15-36(60)49-29(41(64)54-37)19-25-9-11-26(56)12-10-25)44(67)55-16-7-6-8-32(55)42(65)52-28(18-23(2)3)38(61)48-21-35(47)59/h9-12,23-24,27-32,37,56H,5-8,13-22H2,1-4H3,(H2,45,57)(H2,46,58)(H2,47,59)(H,48,61)(H,49,60)(H,50,66)(H,51,62)(H,52,65)(H,53,63)(H,54,64)/t24-,27-,28-,29-,30-,31-,32?,37-/m0/s1. The molecule has 23 nitrogen and oxygen atoms in total. The van der Waals surface area contributed by atoms with Crippen molar-refractivity contribution in [2.45, 2.75) is 134 Å². The Morgan fingerprint density at radius 1 is 0.797 bits per heavy atom. The molecule has 0 bridgehead atoms. The van der Waals surface area contributed by atoms with Crippen molar-refractivity contribution >= 4 is 86.6 Å². The topological polar surface area (TPSA) is 374 Å². The minimum absolute atomic E-state index is 0.0250. The Hall–Kier alpha value is -6.11. The first-order valence-corrected chi connectivity index (χ1v) is 25.3. The largest absolute Gasteiger partial charge is 0.508 e. The van der Waals surface area contributed by atoms with E-state index in [4.69, 9.17) is 17.2 Å². The second-order valence-corrected chi connectivity index (χ2v) is 20.1. The van der Waals surface area contributed by atoms with Crippen LogP contribution in [0.5, 0.6) is 5.75 Å². The van der Waals surface area contributed by atoms with Crippen LogP contribution in [-0.2, 0) is 59.2 Å². The normalized spacial score (nSPS) is 23.4. The molecule has 0 spiro atoms. The van der Waals surface area contributed by atoms with Crippen molar-refractivity contribution < 1.29 is 57.8 Å². The summed E-state index contributed by atoms with van der Waals surface area (Å²) in [5.74, 6) is -9.57. The van der Waals surface area contributed by atoms with Gasteiger partial charge in [0.2, 0.25) is 65.0 Å². The van der Waals surface area contributed by atoms with Crippen LogP contribution in [0.4, 0.5) is 0 Å². The first-order valence-electron chi connectivity index (χ1n) is 22.9. The molecule has 2 aliphatic heterocycles. The zero-order valence-electron chi connectivity index (χ0n) is 39.3. The Labute approximate surface area is 408 Å². The number of nitrogens with zero attached hydrogens (tertiary/aromatic N) is 1. The van der Waals surface area contributed by atoms with Crippen LogP contribution in [0.25, 0.3) is 0 Å². The Morgan fingerprint density at radius 3 is 2.07 bits per heavy atom. The number of phenols is 1. The summed E-state index contributed by atoms with van der Waals surface area (Å²) in [6.07, 6.45) is 0.0103. The number of nitrogens with one attached hydrogen (secondary N) is 7. The van der Waals surface area contributed by atoms with Crippen LogP contribution in [-0.4, -0.2) is 142 Å². The summed E-state index contributed by atoms with van der Waals surface area (Å²) in [5, 5.41) is 27.9. The Morgan fingerprint density at radius 2 is 1.45 bits per heavy atom. The minimum Gasteiger partial charge on any atom is -0.508 e. The summed E-state index contributed by atoms with van der Waals surface area (Å²) in [7, 11) is 2.25. The highest BCUT2D eigenvalue weighted by Crippen LogP contribution is 2.26. The van der Waals surface area contributed by atoms with Crippen LogP contribution in [0.3, 0.4) is 0 Å². The van der Waals surface area contributed by atoms with E-state index in [0.29, 0.717) is 24.8 Å². The molecular formula is C44H67N11O12S2. The number of likely N-dealkylation sites (tertiary alicyclic amines) is 1. The molecule has 11 amide bonds. The molecule has 8 atom stereocenters. The molecule has 0 radical (unpaired) electrons. The fourth-order valence-electron chi connectivity index (χ4n) is 7.49. The molecule has 1 unspecified atom stereocenters. The monoisotopic (exact) mass is 1010 g/mol. The first kappa shape index (κ1) is 57.2. The molecule has 2 saturated heterocycles. The number of carbonyl (C=O) groups excluding carboxylic acids is 11. The number of phenolic OH excluding ortho intramolecular Hbond substituents is 1. The number of amides is 11. The molecule has 0 aromatic heterocycles. The van der Waals surface area contributed by atoms with E-state index >= 15 is 0 Å². The van der Waals surface area contributed by atoms with Gasteiger partial charge in [-0.3, -0.25) is 52.7 Å². The van der Waals surface area contributed by atoms with E-state index in [0.717, 1.165) is 21.6 Å². The van der Waals surface area contributed by atoms with Crippen molar-refractivity contribution in [1.82, 2.24) is 42.1 Å². The molecule has 1 aromatic rings. The minimum atomic E-state index is -1.73. The predicted octanol–water partition coefficient (Wildman–Crippen LogP) is -2.16. The highest BCUT2D eigenvalue weighted by atomic mass is 33.1. The van der Waals surface area contributed by atoms with E-state index in [-0.39, 0.29) is 61.8 Å². The Kier molecular flexibility index (Phi) is 23.5. The van der Waals surface area contributed by atoms with Crippen LogP contribution in [0, 0.1) is 11.8 Å². The summed E-state index contributed by atoms with van der Waals surface area (Å²) in [5.41, 5.74) is 16.7. The Balaban J connectivity index is 2.04. The maximum absolute atomic E-state index is 14.6. The molecular weight excluding hydrogens is 939 g/mol. The van der Waals surface area contributed by atoms with E-state index < -0.39 is 133 Å². The van der Waals surface area contributed by atoms with Gasteiger partial charge in [0.1, 0.15) is 48.0 Å². The van der Waals surface area contributed by atoms with Gasteiger partial charge >= 0.3 is 0 Å². The molecule has 2 aliphatic rings. The highest BCUT2D eigenvalue weighted by Gasteiger charge is 2.40. The van der Waals surface area contributed by atoms with Gasteiger partial charge in [-0.15, -0.1) is 0 Å². The first-order chi connectivity index (χ1) is 32.6. The number of benzene rings is 1. The lowest BCUT2D eigenvalue weighted by Crippen LogP contribution is -2.62. The van der Waals surface area contributed by atoms with Crippen molar-refractivity contribution in [3.05, 3.63) is 29.8 Å². The molecule has 2 heterocycles. The maximum atomic E-state index is 14.6. The van der Waals surface area contributed by atoms with Gasteiger partial charge in [0.25, 0.3) is 0 Å². The van der Waals surface area contributed by atoms with E-state index in [2.05, 4.69) is 37.2 Å². The number of piperidine rings is 1. The van der Waals surface area contributed by atoms with Crippen molar-refractivity contribution in [2.75, 3.05) is 24.6 Å². The van der Waals surface area contributed by atoms with Crippen LogP contribution in [0.1, 0.15) is 91.0 Å². The zero-order chi connectivity index (χ0) is 51.4. The van der Waals surface area contributed by atoms with Crippen LogP contribution in [0.2, 0.25) is 0 Å². The van der Waals surface area contributed by atoms with Crippen LogP contribution in [0.15, 0.2) is 24.3 Å². The fraction of sp³-hybridized carbons (Fsp3) is 0.614. The average Bonchev–Trinajstić information content (AvgIpc) is 3.29. The van der Waals surface area contributed by atoms with E-state index in [9.17, 15) is 57.8 Å². The number of primary amides is 3. The van der Waals surface area contributed by atoms with Crippen molar-refractivity contribution in [3.63, 3.8) is 0 Å². The number of rotatable bonds is 17. The highest BCUT2D eigenvalue weighted by molar-refractivity contribution is 8.76. The van der Waals surface area contributed by atoms with Gasteiger partial charge in [0, 0.05) is 37.3 Å². The number of carbonyl (C=O) groups is 11. The predicted molar refractivity (Wildman–Crippen MR) is 256 cm³/mol. The number of aromatic hydroxyl groups is 1. The van der Waals surface area contributed by atoms with Crippen LogP contribution < -0.4 is 54.4 Å². The summed E-state index contributed by atoms with van der Waals surface area (Å²) in [6, 6.07) is -3.45. The maximum Gasteiger partial charge on any atom is 0.246 e. The molecule has 0 saturated carbocycles. The van der Waals surface area contributed by atoms with Gasteiger partial charge in [0.15, 0.2) is 0 Å². The quantitative estimate of drug-likeness (QED) is 0.0742. The van der Waals surface area contributed by atoms with Crippen molar-refractivity contribution in [2.24, 2.45) is 29.0 Å². The molecule has 3 rings (SSSR count). The smallest absolute Gasteiger partial charge is 0.246 e. The lowest BCUT2D eigenvalue weighted by atomic mass is 9.96. The molecule has 1 aromatic carbocycles. The summed E-state index contributed by atoms with van der Waals surface area (Å²) < 4.78 is 0. The van der Waals surface area contributed by atoms with Gasteiger partial charge < -0.3 is 64.4 Å². The van der Waals surface area contributed by atoms with Gasteiger partial charge in [0.05, 0.1) is 13.0 Å². The molecule has 25 heteroatoms. The zero-order valence-corrected chi connectivity index (χ0v) is 41.0. The molecule has 2 fully saturated rings. The number of hydrogen-bond donors (Lipinski definition) is 11. The molecule has 69 heavy (non-hydrogen) atoms. The Bertz CT molecular complexity index is 2030. The van der Waals surface area contributed by atoms with E-state index in [1.54, 1.807) is 26.0 Å². The van der Waals surface area contributed by atoms with E-state index in [1.165, 1.54) is 17.0 Å². The lowest BCUT2D eigenvalue weighted by molar-refractivity contribution is -0.145. The van der Waals surface area contributed by atoms with Gasteiger partial charge in [-0.25, -0.2) is 0 Å². The van der Waals surface area contributed by atoms with E-state index in [1.807, 2.05) is 13.8 Å². The number of hydrogen-bond acceptors (Lipinski definition) is 14. The third-order valence-corrected chi connectivity index (χ3v) is 13.8. The van der Waals surface area contributed by atoms with Crippen molar-refractivity contribution in [1.29, 1.82) is 0 Å². The lowest BCUT2D eigenvalue weighted by Gasteiger charge is -2.38. The second-order valence-electron chi connectivity index (χ2n) is 17.5. The summed E-state index contributed by atoms with van der Waals surface area (Å²) in [6.45, 7) is 6.69. The molecule has 382 valence electrons. The number of nitrogens with two attached hydrogens (primary N) is 3. The van der Waals surface area contributed by atoms with Gasteiger partial charge in [-0.2, -0.15) is 0 Å². The van der Waals surface area contributed by atoms with Gasteiger partial charge in [-0.1, -0.05) is 67.8 Å². The summed E-state index contributed by atoms with van der Waals surface area (Å²) in [4.78, 5) is 148. The third-order valence-electron chi connectivity index (χ3n) is 11.4. The molecule has 0 aliphatic carbocycles. The van der Waals surface area contributed by atoms with Crippen LogP contribution >= 0.6 is 21.6 Å².